The molecule has 0 spiro atoms. The van der Waals surface area contributed by atoms with E-state index in [9.17, 15) is 14.7 Å². The number of carbonyl (C=O) groups is 2. The lowest BCUT2D eigenvalue weighted by Gasteiger charge is -2.34. The van der Waals surface area contributed by atoms with Gasteiger partial charge in [0.2, 0.25) is 5.91 Å². The molecule has 1 fully saturated rings. The lowest BCUT2D eigenvalue weighted by atomic mass is 10.0. The van der Waals surface area contributed by atoms with E-state index in [1.807, 2.05) is 0 Å². The zero-order chi connectivity index (χ0) is 15.4. The van der Waals surface area contributed by atoms with E-state index in [1.165, 1.54) is 23.1 Å². The zero-order valence-corrected chi connectivity index (χ0v) is 12.3. The van der Waals surface area contributed by atoms with Gasteiger partial charge in [0.15, 0.2) is 0 Å². The van der Waals surface area contributed by atoms with Gasteiger partial charge in [-0.25, -0.2) is 0 Å². The number of amides is 2. The Morgan fingerprint density at radius 1 is 1.38 bits per heavy atom. The molecular weight excluding hydrogens is 294 g/mol. The van der Waals surface area contributed by atoms with Gasteiger partial charge in [0.05, 0.1) is 17.1 Å². The fourth-order valence-electron chi connectivity index (χ4n) is 2.48. The van der Waals surface area contributed by atoms with E-state index in [0.29, 0.717) is 0 Å². The van der Waals surface area contributed by atoms with Gasteiger partial charge in [-0.2, -0.15) is 0 Å². The number of carbonyl (C=O) groups excluding carboxylic acids is 2. The van der Waals surface area contributed by atoms with Crippen LogP contribution < -0.4 is 11.1 Å². The van der Waals surface area contributed by atoms with Crippen molar-refractivity contribution in [3.05, 3.63) is 28.8 Å². The number of primary amides is 1. The smallest absolute Gasteiger partial charge is 0.256 e. The summed E-state index contributed by atoms with van der Waals surface area (Å²) in [4.78, 5) is 25.4. The number of aromatic hydroxyl groups is 1. The molecule has 0 atom stereocenters. The van der Waals surface area contributed by atoms with Crippen molar-refractivity contribution in [3.8, 4) is 5.75 Å². The van der Waals surface area contributed by atoms with Crippen LogP contribution in [0, 0.1) is 0 Å². The van der Waals surface area contributed by atoms with Gasteiger partial charge in [0.25, 0.3) is 5.91 Å². The molecule has 2 rings (SSSR count). The molecule has 0 bridgehead atoms. The molecule has 1 aromatic carbocycles. The van der Waals surface area contributed by atoms with Crippen LogP contribution in [0.1, 0.15) is 23.2 Å². The highest BCUT2D eigenvalue weighted by atomic mass is 35.5. The van der Waals surface area contributed by atoms with Crippen LogP contribution >= 0.6 is 11.6 Å². The van der Waals surface area contributed by atoms with Gasteiger partial charge in [0, 0.05) is 6.04 Å². The lowest BCUT2D eigenvalue weighted by molar-refractivity contribution is -0.119. The second-order valence-electron chi connectivity index (χ2n) is 5.04. The number of nitrogens with one attached hydrogen (secondary N) is 1. The predicted octanol–water partition coefficient (Wildman–Crippen LogP) is 0.725. The minimum absolute atomic E-state index is 0.0490. The molecular formula is C14H18ClN3O3. The first kappa shape index (κ1) is 15.6. The number of nitrogens with zero attached hydrogens (tertiary/aromatic N) is 1. The van der Waals surface area contributed by atoms with Gasteiger partial charge in [0.1, 0.15) is 5.75 Å². The Morgan fingerprint density at radius 2 is 2.05 bits per heavy atom. The van der Waals surface area contributed by atoms with Gasteiger partial charge >= 0.3 is 0 Å². The minimum Gasteiger partial charge on any atom is -0.508 e. The summed E-state index contributed by atoms with van der Waals surface area (Å²) in [5.74, 6) is -1.01. The van der Waals surface area contributed by atoms with Gasteiger partial charge in [-0.05, 0) is 44.1 Å². The number of phenols is 1. The predicted molar refractivity (Wildman–Crippen MR) is 79.2 cm³/mol. The molecule has 7 heteroatoms. The Bertz CT molecular complexity index is 544. The molecule has 1 heterocycles. The summed E-state index contributed by atoms with van der Waals surface area (Å²) in [6, 6.07) is 4.10. The van der Waals surface area contributed by atoms with E-state index in [-0.39, 0.29) is 34.8 Å². The Balaban J connectivity index is 2.28. The second kappa shape index (κ2) is 6.78. The van der Waals surface area contributed by atoms with Gasteiger partial charge in [-0.1, -0.05) is 11.6 Å². The summed E-state index contributed by atoms with van der Waals surface area (Å²) >= 11 is 6.02. The molecule has 1 aromatic rings. The molecule has 2 amide bonds. The monoisotopic (exact) mass is 311 g/mol. The molecule has 1 aliphatic heterocycles. The van der Waals surface area contributed by atoms with Gasteiger partial charge in [-0.3, -0.25) is 9.59 Å². The van der Waals surface area contributed by atoms with Crippen molar-refractivity contribution in [3.63, 3.8) is 0 Å². The average molecular weight is 312 g/mol. The van der Waals surface area contributed by atoms with Crippen LogP contribution in [-0.2, 0) is 4.79 Å². The highest BCUT2D eigenvalue weighted by molar-refractivity contribution is 6.33. The van der Waals surface area contributed by atoms with Crippen molar-refractivity contribution in [1.82, 2.24) is 10.2 Å². The minimum atomic E-state index is -0.571. The van der Waals surface area contributed by atoms with Crippen LogP contribution in [0.5, 0.6) is 5.75 Å². The van der Waals surface area contributed by atoms with Crippen molar-refractivity contribution in [2.45, 2.75) is 18.9 Å². The quantitative estimate of drug-likeness (QED) is 0.763. The molecule has 0 saturated carbocycles. The molecule has 21 heavy (non-hydrogen) atoms. The summed E-state index contributed by atoms with van der Waals surface area (Å²) in [5, 5.41) is 13.0. The standard InChI is InChI=1S/C14H18ClN3O3/c15-12-2-1-10(19)7-11(12)14(21)18(8-13(16)20)9-3-5-17-6-4-9/h1-2,7,9,17,19H,3-6,8H2,(H2,16,20). The highest BCUT2D eigenvalue weighted by Gasteiger charge is 2.28. The third-order valence-electron chi connectivity index (χ3n) is 3.52. The Labute approximate surface area is 127 Å². The SMILES string of the molecule is NC(=O)CN(C(=O)c1cc(O)ccc1Cl)C1CCNCC1. The fraction of sp³-hybridized carbons (Fsp3) is 0.429. The van der Waals surface area contributed by atoms with E-state index >= 15 is 0 Å². The van der Waals surface area contributed by atoms with Crippen LogP contribution in [0.4, 0.5) is 0 Å². The third kappa shape index (κ3) is 3.86. The summed E-state index contributed by atoms with van der Waals surface area (Å²) < 4.78 is 0. The number of nitrogens with two attached hydrogens (primary N) is 1. The van der Waals surface area contributed by atoms with Crippen molar-refractivity contribution in [2.75, 3.05) is 19.6 Å². The number of phenolic OH excluding ortho intramolecular Hbond substituents is 1. The first-order valence-electron chi connectivity index (χ1n) is 6.77. The lowest BCUT2D eigenvalue weighted by Crippen LogP contribution is -2.49. The Kier molecular flexibility index (Phi) is 5.03. The van der Waals surface area contributed by atoms with Crippen LogP contribution in [-0.4, -0.2) is 47.5 Å². The number of benzene rings is 1. The molecule has 6 nitrogen and oxygen atoms in total. The van der Waals surface area contributed by atoms with E-state index in [4.69, 9.17) is 17.3 Å². The fourth-order valence-corrected chi connectivity index (χ4v) is 2.68. The molecule has 0 aromatic heterocycles. The Morgan fingerprint density at radius 3 is 2.67 bits per heavy atom. The van der Waals surface area contributed by atoms with Crippen LogP contribution in [0.25, 0.3) is 0 Å². The van der Waals surface area contributed by atoms with Gasteiger partial charge < -0.3 is 21.1 Å². The number of piperidine rings is 1. The van der Waals surface area contributed by atoms with Crippen LogP contribution in [0.15, 0.2) is 18.2 Å². The normalized spacial score (nSPS) is 15.7. The molecule has 4 N–H and O–H groups in total. The Hall–Kier alpha value is -1.79. The van der Waals surface area contributed by atoms with Crippen molar-refractivity contribution in [1.29, 1.82) is 0 Å². The number of halogens is 1. The summed E-state index contributed by atoms with van der Waals surface area (Å²) in [6.07, 6.45) is 1.49. The second-order valence-corrected chi connectivity index (χ2v) is 5.45. The largest absolute Gasteiger partial charge is 0.508 e. The van der Waals surface area contributed by atoms with Crippen LogP contribution in [0.3, 0.4) is 0 Å². The maximum atomic E-state index is 12.7. The summed E-state index contributed by atoms with van der Waals surface area (Å²) in [7, 11) is 0. The van der Waals surface area contributed by atoms with E-state index in [1.54, 1.807) is 0 Å². The third-order valence-corrected chi connectivity index (χ3v) is 3.85. The van der Waals surface area contributed by atoms with Crippen molar-refractivity contribution >= 4 is 23.4 Å². The molecule has 0 radical (unpaired) electrons. The summed E-state index contributed by atoms with van der Waals surface area (Å²) in [6.45, 7) is 1.40. The topological polar surface area (TPSA) is 95.7 Å². The molecule has 0 aliphatic carbocycles. The number of hydrogen-bond donors (Lipinski definition) is 3. The van der Waals surface area contributed by atoms with E-state index in [0.717, 1.165) is 25.9 Å². The number of hydrogen-bond acceptors (Lipinski definition) is 4. The molecule has 1 saturated heterocycles. The maximum absolute atomic E-state index is 12.7. The van der Waals surface area contributed by atoms with Gasteiger partial charge in [-0.15, -0.1) is 0 Å². The van der Waals surface area contributed by atoms with Crippen LogP contribution in [0.2, 0.25) is 5.02 Å². The zero-order valence-electron chi connectivity index (χ0n) is 11.5. The number of rotatable bonds is 4. The summed E-state index contributed by atoms with van der Waals surface area (Å²) in [5.41, 5.74) is 5.43. The first-order valence-corrected chi connectivity index (χ1v) is 7.15. The van der Waals surface area contributed by atoms with E-state index < -0.39 is 5.91 Å². The first-order chi connectivity index (χ1) is 9.99. The molecule has 0 unspecified atom stereocenters. The average Bonchev–Trinajstić information content (AvgIpc) is 2.47. The van der Waals surface area contributed by atoms with Crippen molar-refractivity contribution in [2.24, 2.45) is 5.73 Å². The highest BCUT2D eigenvalue weighted by Crippen LogP contribution is 2.24. The molecule has 1 aliphatic rings. The van der Waals surface area contributed by atoms with E-state index in [2.05, 4.69) is 5.32 Å². The molecule has 114 valence electrons. The maximum Gasteiger partial charge on any atom is 0.256 e. The van der Waals surface area contributed by atoms with Crippen molar-refractivity contribution < 1.29 is 14.7 Å².